The van der Waals surface area contributed by atoms with Crippen LogP contribution in [0.15, 0.2) is 12.1 Å². The first-order valence-electron chi connectivity index (χ1n) is 6.72. The summed E-state index contributed by atoms with van der Waals surface area (Å²) < 4.78 is 28.1. The quantitative estimate of drug-likeness (QED) is 0.856. The van der Waals surface area contributed by atoms with Crippen molar-refractivity contribution in [1.82, 2.24) is 0 Å². The summed E-state index contributed by atoms with van der Waals surface area (Å²) in [6, 6.07) is 2.25. The molecule has 1 aliphatic carbocycles. The number of halogens is 2. The van der Waals surface area contributed by atoms with Gasteiger partial charge in [0.05, 0.1) is 0 Å². The zero-order valence-electron chi connectivity index (χ0n) is 11.1. The fraction of sp³-hybridized carbons (Fsp3) is 0.600. The summed E-state index contributed by atoms with van der Waals surface area (Å²) in [5, 5.41) is 0. The van der Waals surface area contributed by atoms with Crippen molar-refractivity contribution in [2.45, 2.75) is 52.0 Å². The lowest BCUT2D eigenvalue weighted by Gasteiger charge is -2.35. The number of rotatable bonds is 3. The number of benzene rings is 1. The van der Waals surface area contributed by atoms with E-state index in [0.29, 0.717) is 5.56 Å². The Morgan fingerprint density at radius 3 is 2.44 bits per heavy atom. The van der Waals surface area contributed by atoms with Gasteiger partial charge in [0.1, 0.15) is 11.6 Å². The van der Waals surface area contributed by atoms with E-state index in [1.807, 2.05) is 0 Å². The second kappa shape index (κ2) is 4.96. The molecule has 0 amide bonds. The standard InChI is InChI=1S/C15H21F2N/c1-3-15(8-4-5-9-15)14(18)12-11(16)7-6-10(2)13(12)17/h6-7,14H,3-5,8-9,18H2,1-2H3. The minimum absolute atomic E-state index is 0.0822. The molecule has 0 bridgehead atoms. The van der Waals surface area contributed by atoms with Crippen molar-refractivity contribution < 1.29 is 8.78 Å². The molecule has 1 atom stereocenters. The Balaban J connectivity index is 2.45. The highest BCUT2D eigenvalue weighted by atomic mass is 19.1. The summed E-state index contributed by atoms with van der Waals surface area (Å²) in [7, 11) is 0. The molecule has 1 saturated carbocycles. The van der Waals surface area contributed by atoms with E-state index in [1.165, 1.54) is 12.1 Å². The number of aryl methyl sites for hydroxylation is 1. The lowest BCUT2D eigenvalue weighted by Crippen LogP contribution is -2.33. The molecule has 1 aliphatic rings. The Labute approximate surface area is 107 Å². The summed E-state index contributed by atoms with van der Waals surface area (Å²) >= 11 is 0. The van der Waals surface area contributed by atoms with Crippen LogP contribution in [0.5, 0.6) is 0 Å². The fourth-order valence-corrected chi connectivity index (χ4v) is 3.23. The van der Waals surface area contributed by atoms with Crippen LogP contribution >= 0.6 is 0 Å². The number of hydrogen-bond donors (Lipinski definition) is 1. The predicted octanol–water partition coefficient (Wildman–Crippen LogP) is 4.24. The maximum atomic E-state index is 14.2. The summed E-state index contributed by atoms with van der Waals surface area (Å²) in [5.41, 5.74) is 6.65. The van der Waals surface area contributed by atoms with Gasteiger partial charge in [-0.3, -0.25) is 0 Å². The maximum absolute atomic E-state index is 14.2. The van der Waals surface area contributed by atoms with E-state index >= 15 is 0 Å². The Morgan fingerprint density at radius 1 is 1.28 bits per heavy atom. The van der Waals surface area contributed by atoms with Crippen LogP contribution < -0.4 is 5.73 Å². The smallest absolute Gasteiger partial charge is 0.133 e. The Morgan fingerprint density at radius 2 is 1.89 bits per heavy atom. The van der Waals surface area contributed by atoms with E-state index in [9.17, 15) is 8.78 Å². The lowest BCUT2D eigenvalue weighted by molar-refractivity contribution is 0.213. The topological polar surface area (TPSA) is 26.0 Å². The highest BCUT2D eigenvalue weighted by Gasteiger charge is 2.40. The molecule has 18 heavy (non-hydrogen) atoms. The summed E-state index contributed by atoms with van der Waals surface area (Å²) in [6.45, 7) is 3.72. The molecule has 100 valence electrons. The van der Waals surface area contributed by atoms with Gasteiger partial charge in [0.15, 0.2) is 0 Å². The van der Waals surface area contributed by atoms with Gasteiger partial charge in [-0.25, -0.2) is 8.78 Å². The zero-order valence-corrected chi connectivity index (χ0v) is 11.1. The molecule has 2 rings (SSSR count). The van der Waals surface area contributed by atoms with Crippen LogP contribution in [0.2, 0.25) is 0 Å². The van der Waals surface area contributed by atoms with Gasteiger partial charge in [0, 0.05) is 11.6 Å². The highest BCUT2D eigenvalue weighted by Crippen LogP contribution is 2.49. The Bertz CT molecular complexity index is 436. The summed E-state index contributed by atoms with van der Waals surface area (Å²) in [4.78, 5) is 0. The van der Waals surface area contributed by atoms with Crippen LogP contribution in [0, 0.1) is 24.0 Å². The molecular weight excluding hydrogens is 232 g/mol. The van der Waals surface area contributed by atoms with Gasteiger partial charge in [-0.2, -0.15) is 0 Å². The highest BCUT2D eigenvalue weighted by molar-refractivity contribution is 5.30. The summed E-state index contributed by atoms with van der Waals surface area (Å²) in [5.74, 6) is -0.979. The summed E-state index contributed by atoms with van der Waals surface area (Å²) in [6.07, 6.45) is 5.03. The largest absolute Gasteiger partial charge is 0.323 e. The molecule has 1 aromatic carbocycles. The molecule has 0 aromatic heterocycles. The molecule has 3 heteroatoms. The molecule has 0 heterocycles. The van der Waals surface area contributed by atoms with Crippen molar-refractivity contribution in [3.05, 3.63) is 34.9 Å². The average molecular weight is 253 g/mol. The van der Waals surface area contributed by atoms with Crippen molar-refractivity contribution >= 4 is 0 Å². The van der Waals surface area contributed by atoms with E-state index in [2.05, 4.69) is 6.92 Å². The first kappa shape index (κ1) is 13.5. The second-order valence-corrected chi connectivity index (χ2v) is 5.49. The van der Waals surface area contributed by atoms with Gasteiger partial charge < -0.3 is 5.73 Å². The molecule has 0 aliphatic heterocycles. The van der Waals surface area contributed by atoms with E-state index in [4.69, 9.17) is 5.73 Å². The van der Waals surface area contributed by atoms with Crippen molar-refractivity contribution in [2.75, 3.05) is 0 Å². The molecule has 1 aromatic rings. The average Bonchev–Trinajstić information content (AvgIpc) is 2.84. The minimum atomic E-state index is -0.537. The fourth-order valence-electron chi connectivity index (χ4n) is 3.23. The van der Waals surface area contributed by atoms with Crippen LogP contribution in [-0.2, 0) is 0 Å². The zero-order chi connectivity index (χ0) is 13.3. The van der Waals surface area contributed by atoms with Gasteiger partial charge in [-0.15, -0.1) is 0 Å². The minimum Gasteiger partial charge on any atom is -0.323 e. The van der Waals surface area contributed by atoms with Crippen LogP contribution in [-0.4, -0.2) is 0 Å². The van der Waals surface area contributed by atoms with Gasteiger partial charge in [0.2, 0.25) is 0 Å². The SMILES string of the molecule is CCC1(C(N)c2c(F)ccc(C)c2F)CCCC1. The third kappa shape index (κ3) is 2.05. The molecule has 1 nitrogen and oxygen atoms in total. The van der Waals surface area contributed by atoms with Crippen molar-refractivity contribution in [3.8, 4) is 0 Å². The van der Waals surface area contributed by atoms with Crippen molar-refractivity contribution in [2.24, 2.45) is 11.1 Å². The van der Waals surface area contributed by atoms with Crippen LogP contribution in [0.1, 0.15) is 56.2 Å². The third-order valence-electron chi connectivity index (χ3n) is 4.59. The van der Waals surface area contributed by atoms with Crippen LogP contribution in [0.25, 0.3) is 0 Å². The Kier molecular flexibility index (Phi) is 3.71. The maximum Gasteiger partial charge on any atom is 0.133 e. The van der Waals surface area contributed by atoms with E-state index < -0.39 is 17.7 Å². The molecule has 0 spiro atoms. The van der Waals surface area contributed by atoms with Crippen molar-refractivity contribution in [1.29, 1.82) is 0 Å². The second-order valence-electron chi connectivity index (χ2n) is 5.49. The normalized spacial score (nSPS) is 20.1. The van der Waals surface area contributed by atoms with Gasteiger partial charge >= 0.3 is 0 Å². The molecule has 1 unspecified atom stereocenters. The third-order valence-corrected chi connectivity index (χ3v) is 4.59. The lowest BCUT2D eigenvalue weighted by atomic mass is 9.73. The van der Waals surface area contributed by atoms with Crippen LogP contribution in [0.3, 0.4) is 0 Å². The van der Waals surface area contributed by atoms with E-state index in [0.717, 1.165) is 32.1 Å². The van der Waals surface area contributed by atoms with Gasteiger partial charge in [-0.05, 0) is 43.2 Å². The molecule has 2 N–H and O–H groups in total. The Hall–Kier alpha value is -0.960. The van der Waals surface area contributed by atoms with Crippen LogP contribution in [0.4, 0.5) is 8.78 Å². The molecule has 0 saturated heterocycles. The predicted molar refractivity (Wildman–Crippen MR) is 69.2 cm³/mol. The number of nitrogens with two attached hydrogens (primary N) is 1. The molecule has 0 radical (unpaired) electrons. The first-order chi connectivity index (χ1) is 8.52. The van der Waals surface area contributed by atoms with Crippen molar-refractivity contribution in [3.63, 3.8) is 0 Å². The molecular formula is C15H21F2N. The number of hydrogen-bond acceptors (Lipinski definition) is 1. The first-order valence-corrected chi connectivity index (χ1v) is 6.72. The van der Waals surface area contributed by atoms with E-state index in [1.54, 1.807) is 6.92 Å². The van der Waals surface area contributed by atoms with E-state index in [-0.39, 0.29) is 11.0 Å². The van der Waals surface area contributed by atoms with Gasteiger partial charge in [0.25, 0.3) is 0 Å². The van der Waals surface area contributed by atoms with Gasteiger partial charge in [-0.1, -0.05) is 25.8 Å². The molecule has 1 fully saturated rings. The monoisotopic (exact) mass is 253 g/mol.